The average molecular weight is 252 g/mol. The van der Waals surface area contributed by atoms with E-state index in [-0.39, 0.29) is 0 Å². The van der Waals surface area contributed by atoms with Gasteiger partial charge < -0.3 is 4.90 Å². The van der Waals surface area contributed by atoms with E-state index in [9.17, 15) is 0 Å². The van der Waals surface area contributed by atoms with Gasteiger partial charge in [0, 0.05) is 18.4 Å². The smallest absolute Gasteiger partial charge is 0.136 e. The first-order chi connectivity index (χ1) is 9.27. The lowest BCUT2D eigenvalue weighted by molar-refractivity contribution is 0.747. The van der Waals surface area contributed by atoms with Gasteiger partial charge in [-0.25, -0.2) is 4.98 Å². The average Bonchev–Trinajstić information content (AvgIpc) is 2.46. The Hall–Kier alpha value is -1.83. The van der Waals surface area contributed by atoms with Gasteiger partial charge in [0.05, 0.1) is 0 Å². The Bertz CT molecular complexity index is 575. The monoisotopic (exact) mass is 252 g/mol. The highest BCUT2D eigenvalue weighted by molar-refractivity contribution is 5.67. The van der Waals surface area contributed by atoms with Gasteiger partial charge >= 0.3 is 0 Å². The van der Waals surface area contributed by atoms with Gasteiger partial charge in [-0.05, 0) is 42.0 Å². The summed E-state index contributed by atoms with van der Waals surface area (Å²) < 4.78 is 0. The Labute approximate surface area is 115 Å². The summed E-state index contributed by atoms with van der Waals surface area (Å²) in [7, 11) is 0. The van der Waals surface area contributed by atoms with Crippen LogP contribution in [0.1, 0.15) is 37.3 Å². The van der Waals surface area contributed by atoms with Crippen LogP contribution in [0.5, 0.6) is 0 Å². The van der Waals surface area contributed by atoms with Gasteiger partial charge in [-0.15, -0.1) is 0 Å². The van der Waals surface area contributed by atoms with Crippen molar-refractivity contribution in [2.24, 2.45) is 0 Å². The molecule has 2 aromatic rings. The molecule has 1 aliphatic rings. The molecule has 0 N–H and O–H groups in total. The molecule has 0 spiro atoms. The van der Waals surface area contributed by atoms with Crippen molar-refractivity contribution < 1.29 is 0 Å². The molecule has 98 valence electrons. The summed E-state index contributed by atoms with van der Waals surface area (Å²) in [4.78, 5) is 7.03. The van der Waals surface area contributed by atoms with Crippen molar-refractivity contribution >= 4 is 11.5 Å². The van der Waals surface area contributed by atoms with Crippen molar-refractivity contribution in [1.29, 1.82) is 0 Å². The largest absolute Gasteiger partial charge is 0.326 e. The van der Waals surface area contributed by atoms with Crippen LogP contribution in [0.2, 0.25) is 0 Å². The van der Waals surface area contributed by atoms with Crippen molar-refractivity contribution in [2.45, 2.75) is 32.6 Å². The number of aryl methyl sites for hydroxylation is 1. The van der Waals surface area contributed by atoms with Crippen molar-refractivity contribution in [3.05, 3.63) is 53.7 Å². The maximum atomic E-state index is 4.65. The van der Waals surface area contributed by atoms with E-state index in [1.54, 1.807) is 0 Å². The fourth-order valence-corrected chi connectivity index (χ4v) is 2.84. The summed E-state index contributed by atoms with van der Waals surface area (Å²) in [6.45, 7) is 5.53. The number of rotatable bonds is 2. The second kappa shape index (κ2) is 5.04. The Balaban J connectivity index is 2.09. The molecule has 0 saturated carbocycles. The van der Waals surface area contributed by atoms with Crippen LogP contribution in [0.4, 0.5) is 11.5 Å². The molecule has 0 saturated heterocycles. The number of pyridine rings is 1. The summed E-state index contributed by atoms with van der Waals surface area (Å²) in [6, 6.07) is 12.9. The number of anilines is 2. The molecule has 2 nitrogen and oxygen atoms in total. The first-order valence-electron chi connectivity index (χ1n) is 7.07. The van der Waals surface area contributed by atoms with E-state index in [0.29, 0.717) is 5.92 Å². The summed E-state index contributed by atoms with van der Waals surface area (Å²) in [5.74, 6) is 1.63. The Morgan fingerprint density at radius 1 is 1.11 bits per heavy atom. The first-order valence-corrected chi connectivity index (χ1v) is 7.07. The SMILES string of the molecule is CC(C)c1cccnc1N1CCCc2ccccc21. The van der Waals surface area contributed by atoms with Crippen molar-refractivity contribution in [2.75, 3.05) is 11.4 Å². The van der Waals surface area contributed by atoms with Crippen molar-refractivity contribution in [3.63, 3.8) is 0 Å². The van der Waals surface area contributed by atoms with Gasteiger partial charge in [0.2, 0.25) is 0 Å². The number of hydrogen-bond donors (Lipinski definition) is 0. The van der Waals surface area contributed by atoms with Crippen LogP contribution in [-0.4, -0.2) is 11.5 Å². The lowest BCUT2D eigenvalue weighted by atomic mass is 9.99. The quantitative estimate of drug-likeness (QED) is 0.792. The molecular formula is C17H20N2. The van der Waals surface area contributed by atoms with E-state index in [0.717, 1.165) is 12.4 Å². The maximum Gasteiger partial charge on any atom is 0.136 e. The molecule has 0 aliphatic carbocycles. The zero-order valence-corrected chi connectivity index (χ0v) is 11.6. The third kappa shape index (κ3) is 2.23. The molecule has 1 aliphatic heterocycles. The van der Waals surface area contributed by atoms with Crippen LogP contribution in [0, 0.1) is 0 Å². The van der Waals surface area contributed by atoms with Gasteiger partial charge in [0.15, 0.2) is 0 Å². The fraction of sp³-hybridized carbons (Fsp3) is 0.353. The van der Waals surface area contributed by atoms with E-state index in [4.69, 9.17) is 0 Å². The van der Waals surface area contributed by atoms with Gasteiger partial charge in [-0.3, -0.25) is 0 Å². The van der Waals surface area contributed by atoms with Crippen LogP contribution >= 0.6 is 0 Å². The van der Waals surface area contributed by atoms with E-state index in [1.165, 1.54) is 29.7 Å². The van der Waals surface area contributed by atoms with E-state index < -0.39 is 0 Å². The number of aromatic nitrogens is 1. The summed E-state index contributed by atoms with van der Waals surface area (Å²) in [6.07, 6.45) is 4.28. The molecule has 3 rings (SSSR count). The summed E-state index contributed by atoms with van der Waals surface area (Å²) in [5, 5.41) is 0. The first kappa shape index (κ1) is 12.2. The molecule has 2 heterocycles. The highest BCUT2D eigenvalue weighted by Gasteiger charge is 2.21. The zero-order chi connectivity index (χ0) is 13.2. The molecule has 19 heavy (non-hydrogen) atoms. The molecule has 0 radical (unpaired) electrons. The molecule has 0 unspecified atom stereocenters. The number of nitrogens with zero attached hydrogens (tertiary/aromatic N) is 2. The van der Waals surface area contributed by atoms with Gasteiger partial charge in [-0.1, -0.05) is 38.1 Å². The Kier molecular flexibility index (Phi) is 3.24. The topological polar surface area (TPSA) is 16.1 Å². The van der Waals surface area contributed by atoms with Crippen LogP contribution in [-0.2, 0) is 6.42 Å². The molecule has 2 heteroatoms. The predicted octanol–water partition coefficient (Wildman–Crippen LogP) is 4.29. The predicted molar refractivity (Wildman–Crippen MR) is 80.1 cm³/mol. The Morgan fingerprint density at radius 3 is 2.79 bits per heavy atom. The van der Waals surface area contributed by atoms with Crippen molar-refractivity contribution in [1.82, 2.24) is 4.98 Å². The molecular weight excluding hydrogens is 232 g/mol. The summed E-state index contributed by atoms with van der Waals surface area (Å²) in [5.41, 5.74) is 4.10. The zero-order valence-electron chi connectivity index (χ0n) is 11.6. The number of benzene rings is 1. The molecule has 0 atom stereocenters. The molecule has 0 amide bonds. The van der Waals surface area contributed by atoms with E-state index in [2.05, 4.69) is 54.1 Å². The molecule has 1 aromatic heterocycles. The van der Waals surface area contributed by atoms with Gasteiger partial charge in [0.25, 0.3) is 0 Å². The van der Waals surface area contributed by atoms with Crippen LogP contribution in [0.3, 0.4) is 0 Å². The molecule has 0 bridgehead atoms. The Morgan fingerprint density at radius 2 is 1.95 bits per heavy atom. The third-order valence-corrected chi connectivity index (χ3v) is 3.80. The van der Waals surface area contributed by atoms with E-state index in [1.807, 2.05) is 12.3 Å². The second-order valence-electron chi connectivity index (χ2n) is 5.45. The van der Waals surface area contributed by atoms with Crippen LogP contribution in [0.15, 0.2) is 42.6 Å². The number of fused-ring (bicyclic) bond motifs is 1. The third-order valence-electron chi connectivity index (χ3n) is 3.80. The van der Waals surface area contributed by atoms with E-state index >= 15 is 0 Å². The summed E-state index contributed by atoms with van der Waals surface area (Å²) >= 11 is 0. The highest BCUT2D eigenvalue weighted by atomic mass is 15.2. The lowest BCUT2D eigenvalue weighted by Crippen LogP contribution is -2.26. The number of para-hydroxylation sites is 1. The van der Waals surface area contributed by atoms with Crippen LogP contribution in [0.25, 0.3) is 0 Å². The highest BCUT2D eigenvalue weighted by Crippen LogP contribution is 2.35. The fourth-order valence-electron chi connectivity index (χ4n) is 2.84. The minimum Gasteiger partial charge on any atom is -0.326 e. The molecule has 1 aromatic carbocycles. The van der Waals surface area contributed by atoms with Crippen molar-refractivity contribution in [3.8, 4) is 0 Å². The van der Waals surface area contributed by atoms with Gasteiger partial charge in [0.1, 0.15) is 5.82 Å². The minimum absolute atomic E-state index is 0.498. The standard InChI is InChI=1S/C17H20N2/c1-13(2)15-9-5-11-18-17(15)19-12-6-8-14-7-3-4-10-16(14)19/h3-5,7,9-11,13H,6,8,12H2,1-2H3. The van der Waals surface area contributed by atoms with Crippen LogP contribution < -0.4 is 4.90 Å². The minimum atomic E-state index is 0.498. The lowest BCUT2D eigenvalue weighted by Gasteiger charge is -2.32. The number of hydrogen-bond acceptors (Lipinski definition) is 2. The maximum absolute atomic E-state index is 4.65. The molecule has 0 fully saturated rings. The van der Waals surface area contributed by atoms with Gasteiger partial charge in [-0.2, -0.15) is 0 Å². The normalized spacial score (nSPS) is 14.6. The second-order valence-corrected chi connectivity index (χ2v) is 5.45.